The zero-order valence-electron chi connectivity index (χ0n) is 18.7. The number of hydrogen-bond acceptors (Lipinski definition) is 8. The van der Waals surface area contributed by atoms with Gasteiger partial charge in [-0.25, -0.2) is 9.59 Å². The van der Waals surface area contributed by atoms with Crippen molar-refractivity contribution >= 4 is 12.3 Å². The van der Waals surface area contributed by atoms with Crippen LogP contribution in [0.2, 0.25) is 0 Å². The number of ether oxygens (including phenoxy) is 5. The van der Waals surface area contributed by atoms with E-state index in [-0.39, 0.29) is 18.1 Å². The second-order valence-electron chi connectivity index (χ2n) is 7.14. The molecule has 0 amide bonds. The fourth-order valence-corrected chi connectivity index (χ4v) is 3.51. The number of carboxylic acid groups (broad SMARTS) is 1. The van der Waals surface area contributed by atoms with Crippen molar-refractivity contribution in [3.63, 3.8) is 0 Å². The van der Waals surface area contributed by atoms with Crippen LogP contribution in [0.5, 0.6) is 11.5 Å². The normalized spacial score (nSPS) is 15.5. The predicted octanol–water partition coefficient (Wildman–Crippen LogP) is 4.90. The Kier molecular flexibility index (Phi) is 7.45. The van der Waals surface area contributed by atoms with Crippen LogP contribution in [0.1, 0.15) is 30.9 Å². The van der Waals surface area contributed by atoms with Crippen molar-refractivity contribution < 1.29 is 38.4 Å². The number of carbonyl (C=O) groups is 2. The second-order valence-corrected chi connectivity index (χ2v) is 7.14. The topological polar surface area (TPSA) is 113 Å². The molecule has 2 aromatic rings. The zero-order chi connectivity index (χ0) is 24.0. The molecule has 1 unspecified atom stereocenters. The van der Waals surface area contributed by atoms with Gasteiger partial charge in [0.15, 0.2) is 0 Å². The van der Waals surface area contributed by atoms with E-state index in [0.29, 0.717) is 28.5 Å². The molecule has 0 bridgehead atoms. The van der Waals surface area contributed by atoms with Gasteiger partial charge >= 0.3 is 12.3 Å². The van der Waals surface area contributed by atoms with Gasteiger partial charge in [-0.05, 0) is 37.6 Å². The van der Waals surface area contributed by atoms with Crippen LogP contribution in [0.15, 0.2) is 71.4 Å². The summed E-state index contributed by atoms with van der Waals surface area (Å²) in [5.41, 5.74) is 2.39. The Labute approximate surface area is 191 Å². The Bertz CT molecular complexity index is 1110. The van der Waals surface area contributed by atoms with E-state index >= 15 is 0 Å². The van der Waals surface area contributed by atoms with Gasteiger partial charge in [0.1, 0.15) is 35.5 Å². The van der Waals surface area contributed by atoms with Gasteiger partial charge in [-0.3, -0.25) is 0 Å². The molecule has 0 radical (unpaired) electrons. The van der Waals surface area contributed by atoms with Crippen molar-refractivity contribution in [2.45, 2.75) is 26.4 Å². The molecule has 3 rings (SSSR count). The summed E-state index contributed by atoms with van der Waals surface area (Å²) in [4.78, 5) is 23.4. The highest BCUT2D eigenvalue weighted by Gasteiger charge is 2.36. The first-order valence-corrected chi connectivity index (χ1v) is 10.0. The molecule has 0 aliphatic carbocycles. The molecule has 1 heterocycles. The number of allylic oxidation sites excluding steroid dienone is 2. The Morgan fingerprint density at radius 2 is 1.67 bits per heavy atom. The Balaban J connectivity index is 2.02. The molecule has 0 spiro atoms. The maximum atomic E-state index is 11.9. The summed E-state index contributed by atoms with van der Waals surface area (Å²) in [7, 11) is 2.77. The van der Waals surface area contributed by atoms with Crippen molar-refractivity contribution in [1.29, 1.82) is 0 Å². The Morgan fingerprint density at radius 1 is 0.970 bits per heavy atom. The first-order valence-electron chi connectivity index (χ1n) is 10.0. The largest absolute Gasteiger partial charge is 0.513 e. The third-order valence-corrected chi connectivity index (χ3v) is 4.95. The SMILES string of the molecule is COC(=O)OC1=C(C)NC(C)=C(OC(=O)O)C1c1ccccc1OCc1cccc(OC)c1. The minimum atomic E-state index is -1.50. The molecule has 0 fully saturated rings. The van der Waals surface area contributed by atoms with Gasteiger partial charge in [-0.1, -0.05) is 30.3 Å². The average molecular weight is 455 g/mol. The van der Waals surface area contributed by atoms with Crippen LogP contribution in [0.4, 0.5) is 9.59 Å². The van der Waals surface area contributed by atoms with E-state index in [1.165, 1.54) is 7.11 Å². The lowest BCUT2D eigenvalue weighted by atomic mass is 9.90. The summed E-state index contributed by atoms with van der Waals surface area (Å²) in [6.45, 7) is 3.60. The lowest BCUT2D eigenvalue weighted by Crippen LogP contribution is -2.29. The minimum absolute atomic E-state index is 0.0597. The summed E-state index contributed by atoms with van der Waals surface area (Å²) in [6, 6.07) is 14.5. The lowest BCUT2D eigenvalue weighted by molar-refractivity contribution is 0.0845. The zero-order valence-corrected chi connectivity index (χ0v) is 18.7. The van der Waals surface area contributed by atoms with Crippen molar-refractivity contribution in [2.75, 3.05) is 14.2 Å². The van der Waals surface area contributed by atoms with Gasteiger partial charge in [-0.15, -0.1) is 0 Å². The maximum Gasteiger partial charge on any atom is 0.513 e. The van der Waals surface area contributed by atoms with E-state index in [9.17, 15) is 14.7 Å². The van der Waals surface area contributed by atoms with Gasteiger partial charge < -0.3 is 34.1 Å². The summed E-state index contributed by atoms with van der Waals surface area (Å²) < 4.78 is 26.5. The van der Waals surface area contributed by atoms with Crippen LogP contribution < -0.4 is 14.8 Å². The molecule has 9 nitrogen and oxygen atoms in total. The van der Waals surface area contributed by atoms with E-state index in [2.05, 4.69) is 10.1 Å². The van der Waals surface area contributed by atoms with Gasteiger partial charge in [0.25, 0.3) is 0 Å². The van der Waals surface area contributed by atoms with Crippen LogP contribution in [-0.4, -0.2) is 31.6 Å². The first kappa shape index (κ1) is 23.5. The molecule has 9 heteroatoms. The van der Waals surface area contributed by atoms with E-state index in [1.807, 2.05) is 24.3 Å². The van der Waals surface area contributed by atoms with Crippen molar-refractivity contribution in [1.82, 2.24) is 5.32 Å². The summed E-state index contributed by atoms with van der Waals surface area (Å²) in [6.07, 6.45) is -2.44. The summed E-state index contributed by atoms with van der Waals surface area (Å²) >= 11 is 0. The molecular formula is C24H25NO8. The van der Waals surface area contributed by atoms with E-state index < -0.39 is 18.2 Å². The van der Waals surface area contributed by atoms with Gasteiger partial charge in [0, 0.05) is 5.56 Å². The molecular weight excluding hydrogens is 430 g/mol. The number of hydrogen-bond donors (Lipinski definition) is 2. The van der Waals surface area contributed by atoms with E-state index in [0.717, 1.165) is 5.56 Å². The van der Waals surface area contributed by atoms with E-state index in [1.54, 1.807) is 45.2 Å². The van der Waals surface area contributed by atoms with Gasteiger partial charge in [0.2, 0.25) is 0 Å². The van der Waals surface area contributed by atoms with Crippen LogP contribution >= 0.6 is 0 Å². The molecule has 0 saturated heterocycles. The molecule has 174 valence electrons. The highest BCUT2D eigenvalue weighted by Crippen LogP contribution is 2.43. The summed E-state index contributed by atoms with van der Waals surface area (Å²) in [5, 5.41) is 12.3. The fourth-order valence-electron chi connectivity index (χ4n) is 3.51. The molecule has 1 atom stereocenters. The molecule has 2 aromatic carbocycles. The molecule has 2 N–H and O–H groups in total. The van der Waals surface area contributed by atoms with Crippen LogP contribution in [0, 0.1) is 0 Å². The molecule has 1 aliphatic heterocycles. The summed E-state index contributed by atoms with van der Waals surface area (Å²) in [5.74, 6) is 0.490. The number of dihydropyridines is 1. The standard InChI is InChI=1S/C24H25NO8/c1-14-21(32-23(26)27)20(22(15(2)25-14)33-24(28)30-4)18-10-5-6-11-19(18)31-13-16-8-7-9-17(12-16)29-3/h5-12,20,25H,13H2,1-4H3,(H,26,27). The second kappa shape index (κ2) is 10.4. The van der Waals surface area contributed by atoms with Crippen LogP contribution in [-0.2, 0) is 20.8 Å². The third kappa shape index (κ3) is 5.57. The monoisotopic (exact) mass is 455 g/mol. The average Bonchev–Trinajstić information content (AvgIpc) is 2.81. The van der Waals surface area contributed by atoms with Gasteiger partial charge in [-0.2, -0.15) is 0 Å². The molecule has 0 aromatic heterocycles. The van der Waals surface area contributed by atoms with Crippen molar-refractivity contribution in [2.24, 2.45) is 0 Å². The predicted molar refractivity (Wildman–Crippen MR) is 118 cm³/mol. The van der Waals surface area contributed by atoms with Crippen LogP contribution in [0.3, 0.4) is 0 Å². The third-order valence-electron chi connectivity index (χ3n) is 4.95. The van der Waals surface area contributed by atoms with Crippen molar-refractivity contribution in [3.05, 3.63) is 82.6 Å². The molecule has 1 aliphatic rings. The minimum Gasteiger partial charge on any atom is -0.497 e. The van der Waals surface area contributed by atoms with Crippen LogP contribution in [0.25, 0.3) is 0 Å². The fraction of sp³-hybridized carbons (Fsp3) is 0.250. The Hall–Kier alpha value is -4.14. The quantitative estimate of drug-likeness (QED) is 0.563. The highest BCUT2D eigenvalue weighted by atomic mass is 16.7. The number of methoxy groups -OCH3 is 2. The number of para-hydroxylation sites is 1. The lowest BCUT2D eigenvalue weighted by Gasteiger charge is -2.30. The Morgan fingerprint density at radius 3 is 2.33 bits per heavy atom. The highest BCUT2D eigenvalue weighted by molar-refractivity contribution is 5.64. The van der Waals surface area contributed by atoms with Crippen molar-refractivity contribution in [3.8, 4) is 11.5 Å². The smallest absolute Gasteiger partial charge is 0.497 e. The maximum absolute atomic E-state index is 11.9. The number of nitrogens with one attached hydrogen (secondary N) is 1. The first-order chi connectivity index (χ1) is 15.8. The number of rotatable bonds is 7. The van der Waals surface area contributed by atoms with Gasteiger partial charge in [0.05, 0.1) is 25.6 Å². The van der Waals surface area contributed by atoms with E-state index in [4.69, 9.17) is 18.9 Å². The molecule has 0 saturated carbocycles. The molecule has 33 heavy (non-hydrogen) atoms. The number of benzene rings is 2. The number of carbonyl (C=O) groups excluding carboxylic acids is 1.